The lowest BCUT2D eigenvalue weighted by atomic mass is 10.3. The standard InChI is InChI=1S/C15H28N4O2/c1-9(2)16-13-17(10(3)4)14(20)19(12(7)8)15(21)18(13)11(5)6/h9-12H,1-8H3. The number of hydrogen-bond acceptors (Lipinski definition) is 3. The molecule has 0 aliphatic heterocycles. The van der Waals surface area contributed by atoms with Gasteiger partial charge in [0.15, 0.2) is 0 Å². The van der Waals surface area contributed by atoms with Gasteiger partial charge in [0.25, 0.3) is 0 Å². The van der Waals surface area contributed by atoms with Gasteiger partial charge in [-0.1, -0.05) is 0 Å². The number of hydrogen-bond donors (Lipinski definition) is 0. The quantitative estimate of drug-likeness (QED) is 0.851. The summed E-state index contributed by atoms with van der Waals surface area (Å²) in [4.78, 5) is 29.9. The molecule has 0 aliphatic carbocycles. The molecule has 0 spiro atoms. The summed E-state index contributed by atoms with van der Waals surface area (Å²) in [6.45, 7) is 15.3. The van der Waals surface area contributed by atoms with Gasteiger partial charge in [0.2, 0.25) is 5.62 Å². The first-order valence-corrected chi connectivity index (χ1v) is 7.63. The van der Waals surface area contributed by atoms with Crippen molar-refractivity contribution in [3.05, 3.63) is 26.6 Å². The maximum atomic E-state index is 12.7. The van der Waals surface area contributed by atoms with Crippen LogP contribution in [0.25, 0.3) is 0 Å². The van der Waals surface area contributed by atoms with E-state index in [0.29, 0.717) is 5.62 Å². The summed E-state index contributed by atoms with van der Waals surface area (Å²) in [5, 5.41) is 0. The number of nitrogens with zero attached hydrogens (tertiary/aromatic N) is 4. The maximum Gasteiger partial charge on any atom is 0.335 e. The zero-order chi connectivity index (χ0) is 16.5. The molecule has 0 radical (unpaired) electrons. The fraction of sp³-hybridized carbons (Fsp3) is 0.800. The van der Waals surface area contributed by atoms with Crippen molar-refractivity contribution in [2.24, 2.45) is 4.99 Å². The smallest absolute Gasteiger partial charge is 0.261 e. The molecule has 120 valence electrons. The first-order valence-electron chi connectivity index (χ1n) is 7.63. The van der Waals surface area contributed by atoms with E-state index in [2.05, 4.69) is 4.99 Å². The summed E-state index contributed by atoms with van der Waals surface area (Å²) in [7, 11) is 0. The second-order valence-electron chi connectivity index (χ2n) is 6.48. The van der Waals surface area contributed by atoms with Crippen molar-refractivity contribution in [1.82, 2.24) is 13.7 Å². The molecular weight excluding hydrogens is 268 g/mol. The van der Waals surface area contributed by atoms with Crippen molar-refractivity contribution in [1.29, 1.82) is 0 Å². The third-order valence-corrected chi connectivity index (χ3v) is 3.18. The lowest BCUT2D eigenvalue weighted by Gasteiger charge is -2.22. The molecule has 21 heavy (non-hydrogen) atoms. The summed E-state index contributed by atoms with van der Waals surface area (Å²) < 4.78 is 4.53. The van der Waals surface area contributed by atoms with Crippen LogP contribution in [0, 0.1) is 0 Å². The SMILES string of the molecule is CC(C)N=c1n(C(C)C)c(=O)n(C(C)C)c(=O)n1C(C)C. The van der Waals surface area contributed by atoms with E-state index in [-0.39, 0.29) is 35.5 Å². The van der Waals surface area contributed by atoms with Gasteiger partial charge in [0, 0.05) is 24.2 Å². The van der Waals surface area contributed by atoms with E-state index in [1.807, 2.05) is 55.4 Å². The minimum Gasteiger partial charge on any atom is -0.261 e. The van der Waals surface area contributed by atoms with Crippen LogP contribution < -0.4 is 17.0 Å². The van der Waals surface area contributed by atoms with E-state index in [1.54, 1.807) is 9.13 Å². The van der Waals surface area contributed by atoms with Crippen molar-refractivity contribution >= 4 is 0 Å². The molecule has 0 atom stereocenters. The molecule has 1 aromatic heterocycles. The molecule has 1 rings (SSSR count). The highest BCUT2D eigenvalue weighted by atomic mass is 16.2. The zero-order valence-electron chi connectivity index (χ0n) is 14.4. The highest BCUT2D eigenvalue weighted by molar-refractivity contribution is 4.84. The third-order valence-electron chi connectivity index (χ3n) is 3.18. The van der Waals surface area contributed by atoms with Crippen LogP contribution in [-0.4, -0.2) is 19.7 Å². The summed E-state index contributed by atoms with van der Waals surface area (Å²) in [5.74, 6) is 0. The van der Waals surface area contributed by atoms with Crippen molar-refractivity contribution < 1.29 is 0 Å². The summed E-state index contributed by atoms with van der Waals surface area (Å²) in [6, 6.07) is -0.307. The lowest BCUT2D eigenvalue weighted by molar-refractivity contribution is 0.367. The monoisotopic (exact) mass is 296 g/mol. The number of aromatic nitrogens is 3. The van der Waals surface area contributed by atoms with Crippen LogP contribution in [0.1, 0.15) is 73.5 Å². The minimum absolute atomic E-state index is 0.00806. The fourth-order valence-electron chi connectivity index (χ4n) is 2.30. The Balaban J connectivity index is 4.13. The predicted octanol–water partition coefficient (Wildman–Crippen LogP) is 1.86. The van der Waals surface area contributed by atoms with Gasteiger partial charge in [-0.05, 0) is 55.4 Å². The predicted molar refractivity (Wildman–Crippen MR) is 84.8 cm³/mol. The van der Waals surface area contributed by atoms with E-state index in [4.69, 9.17) is 0 Å². The van der Waals surface area contributed by atoms with Gasteiger partial charge >= 0.3 is 11.4 Å². The van der Waals surface area contributed by atoms with Gasteiger partial charge < -0.3 is 0 Å². The molecule has 0 bridgehead atoms. The first-order chi connectivity index (χ1) is 9.59. The molecule has 0 N–H and O–H groups in total. The maximum absolute atomic E-state index is 12.7. The fourth-order valence-corrected chi connectivity index (χ4v) is 2.30. The molecule has 6 nitrogen and oxygen atoms in total. The van der Waals surface area contributed by atoms with Crippen molar-refractivity contribution in [3.63, 3.8) is 0 Å². The molecule has 0 aliphatic rings. The molecule has 0 amide bonds. The van der Waals surface area contributed by atoms with Crippen molar-refractivity contribution in [3.8, 4) is 0 Å². The Labute approximate surface area is 125 Å². The summed E-state index contributed by atoms with van der Waals surface area (Å²) in [6.07, 6.45) is 0. The Morgan fingerprint density at radius 1 is 0.667 bits per heavy atom. The average Bonchev–Trinajstić information content (AvgIpc) is 2.25. The Hall–Kier alpha value is -1.59. The molecule has 0 aromatic carbocycles. The molecule has 6 heteroatoms. The minimum atomic E-state index is -0.290. The topological polar surface area (TPSA) is 61.3 Å². The van der Waals surface area contributed by atoms with Crippen molar-refractivity contribution in [2.45, 2.75) is 79.6 Å². The molecule has 0 saturated heterocycles. The van der Waals surface area contributed by atoms with Gasteiger partial charge in [-0.2, -0.15) is 0 Å². The molecule has 1 heterocycles. The van der Waals surface area contributed by atoms with Crippen LogP contribution >= 0.6 is 0 Å². The van der Waals surface area contributed by atoms with Crippen LogP contribution in [-0.2, 0) is 0 Å². The Bertz CT molecular complexity index is 626. The molecular formula is C15H28N4O2. The number of rotatable bonds is 4. The van der Waals surface area contributed by atoms with E-state index < -0.39 is 0 Å². The third kappa shape index (κ3) is 3.36. The van der Waals surface area contributed by atoms with Gasteiger partial charge in [-0.15, -0.1) is 0 Å². The molecule has 0 saturated carbocycles. The highest BCUT2D eigenvalue weighted by Gasteiger charge is 2.19. The van der Waals surface area contributed by atoms with E-state index in [9.17, 15) is 9.59 Å². The van der Waals surface area contributed by atoms with Crippen LogP contribution in [0.3, 0.4) is 0 Å². The van der Waals surface area contributed by atoms with Crippen LogP contribution in [0.15, 0.2) is 14.6 Å². The largest absolute Gasteiger partial charge is 0.335 e. The normalized spacial score (nSPS) is 12.0. The van der Waals surface area contributed by atoms with E-state index in [0.717, 1.165) is 0 Å². The highest BCUT2D eigenvalue weighted by Crippen LogP contribution is 2.02. The van der Waals surface area contributed by atoms with Crippen LogP contribution in [0.4, 0.5) is 0 Å². The van der Waals surface area contributed by atoms with E-state index >= 15 is 0 Å². The molecule has 0 fully saturated rings. The van der Waals surface area contributed by atoms with Gasteiger partial charge in [0.05, 0.1) is 0 Å². The summed E-state index contributed by atoms with van der Waals surface area (Å²) in [5.41, 5.74) is -0.121. The van der Waals surface area contributed by atoms with Gasteiger partial charge in [-0.25, -0.2) is 19.1 Å². The van der Waals surface area contributed by atoms with E-state index in [1.165, 1.54) is 4.57 Å². The average molecular weight is 296 g/mol. The summed E-state index contributed by atoms with van der Waals surface area (Å²) >= 11 is 0. The van der Waals surface area contributed by atoms with Gasteiger partial charge in [0.1, 0.15) is 0 Å². The molecule has 0 unspecified atom stereocenters. The van der Waals surface area contributed by atoms with Crippen LogP contribution in [0.5, 0.6) is 0 Å². The molecule has 1 aromatic rings. The Kier molecular flexibility index (Phi) is 5.36. The van der Waals surface area contributed by atoms with Crippen LogP contribution in [0.2, 0.25) is 0 Å². The van der Waals surface area contributed by atoms with Crippen molar-refractivity contribution in [2.75, 3.05) is 0 Å². The second-order valence-corrected chi connectivity index (χ2v) is 6.48. The first kappa shape index (κ1) is 17.5. The zero-order valence-corrected chi connectivity index (χ0v) is 14.4. The second kappa shape index (κ2) is 6.45. The Morgan fingerprint density at radius 3 is 1.24 bits per heavy atom. The van der Waals surface area contributed by atoms with Gasteiger partial charge in [-0.3, -0.25) is 9.13 Å². The Morgan fingerprint density at radius 2 is 1.00 bits per heavy atom. The lowest BCUT2D eigenvalue weighted by Crippen LogP contribution is -2.56.